The van der Waals surface area contributed by atoms with Crippen LogP contribution in [0.2, 0.25) is 0 Å². The summed E-state index contributed by atoms with van der Waals surface area (Å²) in [6.45, 7) is 3.64. The van der Waals surface area contributed by atoms with Crippen molar-refractivity contribution >= 4 is 17.7 Å². The maximum atomic E-state index is 11.7. The summed E-state index contributed by atoms with van der Waals surface area (Å²) < 4.78 is 0. The summed E-state index contributed by atoms with van der Waals surface area (Å²) >= 11 is 0. The lowest BCUT2D eigenvalue weighted by Crippen LogP contribution is -2.23. The summed E-state index contributed by atoms with van der Waals surface area (Å²) in [5.74, 6) is 0.120. The van der Waals surface area contributed by atoms with Gasteiger partial charge in [-0.15, -0.1) is 0 Å². The molecule has 1 aromatic carbocycles. The van der Waals surface area contributed by atoms with Crippen molar-refractivity contribution in [3.63, 3.8) is 0 Å². The highest BCUT2D eigenvalue weighted by Gasteiger charge is 2.04. The maximum absolute atomic E-state index is 11.7. The minimum Gasteiger partial charge on any atom is -0.308 e. The highest BCUT2D eigenvalue weighted by molar-refractivity contribution is 5.98. The topological polar surface area (TPSA) is 86.9 Å². The van der Waals surface area contributed by atoms with Crippen LogP contribution in [0.3, 0.4) is 0 Å². The largest absolute Gasteiger partial charge is 0.326 e. The van der Waals surface area contributed by atoms with Gasteiger partial charge in [-0.2, -0.15) is 0 Å². The first-order chi connectivity index (χ1) is 9.02. The van der Waals surface area contributed by atoms with Crippen LogP contribution in [0, 0.1) is 13.8 Å². The minimum absolute atomic E-state index is 0.120. The molecule has 0 saturated heterocycles. The van der Waals surface area contributed by atoms with E-state index in [0.29, 0.717) is 11.4 Å². The van der Waals surface area contributed by atoms with E-state index in [-0.39, 0.29) is 11.5 Å². The van der Waals surface area contributed by atoms with E-state index in [2.05, 4.69) is 20.6 Å². The van der Waals surface area contributed by atoms with Crippen molar-refractivity contribution in [1.82, 2.24) is 9.97 Å². The zero-order chi connectivity index (χ0) is 13.8. The standard InChI is InChI=1S/C13H14N4O2/c1-8-3-5-10(6-4-8)15-13(19)17-12-14-9(2)7-11(18)16-12/h3-7H,1-2H3,(H3,14,15,16,17,18,19). The van der Waals surface area contributed by atoms with Gasteiger partial charge >= 0.3 is 6.03 Å². The highest BCUT2D eigenvalue weighted by Crippen LogP contribution is 2.08. The Bertz CT molecular complexity index is 646. The molecule has 0 aliphatic heterocycles. The second kappa shape index (κ2) is 5.34. The molecule has 2 amide bonds. The van der Waals surface area contributed by atoms with Crippen LogP contribution in [0.5, 0.6) is 0 Å². The van der Waals surface area contributed by atoms with Crippen LogP contribution in [0.1, 0.15) is 11.3 Å². The van der Waals surface area contributed by atoms with Crippen molar-refractivity contribution in [2.45, 2.75) is 13.8 Å². The van der Waals surface area contributed by atoms with Crippen LogP contribution in [0.4, 0.5) is 16.4 Å². The minimum atomic E-state index is -0.461. The fourth-order valence-electron chi connectivity index (χ4n) is 1.55. The lowest BCUT2D eigenvalue weighted by atomic mass is 10.2. The van der Waals surface area contributed by atoms with E-state index in [1.165, 1.54) is 6.07 Å². The number of aromatic amines is 1. The van der Waals surface area contributed by atoms with Gasteiger partial charge in [0.2, 0.25) is 5.95 Å². The normalized spacial score (nSPS) is 10.0. The molecule has 0 aliphatic rings. The van der Waals surface area contributed by atoms with E-state index in [4.69, 9.17) is 0 Å². The van der Waals surface area contributed by atoms with Crippen molar-refractivity contribution in [2.75, 3.05) is 10.6 Å². The number of rotatable bonds is 2. The first-order valence-corrected chi connectivity index (χ1v) is 5.75. The van der Waals surface area contributed by atoms with Gasteiger partial charge in [0.05, 0.1) is 0 Å². The van der Waals surface area contributed by atoms with Gasteiger partial charge in [-0.05, 0) is 26.0 Å². The molecule has 0 atom stereocenters. The number of carbonyl (C=O) groups is 1. The second-order valence-electron chi connectivity index (χ2n) is 4.18. The van der Waals surface area contributed by atoms with Gasteiger partial charge in [0.15, 0.2) is 0 Å². The molecule has 6 nitrogen and oxygen atoms in total. The van der Waals surface area contributed by atoms with Crippen LogP contribution >= 0.6 is 0 Å². The first-order valence-electron chi connectivity index (χ1n) is 5.75. The Balaban J connectivity index is 2.05. The summed E-state index contributed by atoms with van der Waals surface area (Å²) in [5, 5.41) is 5.11. The van der Waals surface area contributed by atoms with E-state index in [1.54, 1.807) is 19.1 Å². The molecule has 0 aliphatic carbocycles. The molecule has 0 bridgehead atoms. The molecule has 98 valence electrons. The number of hydrogen-bond acceptors (Lipinski definition) is 3. The van der Waals surface area contributed by atoms with Crippen molar-refractivity contribution in [1.29, 1.82) is 0 Å². The molecule has 0 fully saturated rings. The van der Waals surface area contributed by atoms with Crippen molar-refractivity contribution in [3.8, 4) is 0 Å². The Morgan fingerprint density at radius 2 is 1.84 bits per heavy atom. The zero-order valence-electron chi connectivity index (χ0n) is 10.7. The Kier molecular flexibility index (Phi) is 3.61. The van der Waals surface area contributed by atoms with E-state index >= 15 is 0 Å². The number of hydrogen-bond donors (Lipinski definition) is 3. The van der Waals surface area contributed by atoms with Gasteiger partial charge in [-0.3, -0.25) is 15.1 Å². The third-order valence-corrected chi connectivity index (χ3v) is 2.41. The molecule has 0 radical (unpaired) electrons. The number of carbonyl (C=O) groups excluding carboxylic acids is 1. The molecule has 0 spiro atoms. The summed E-state index contributed by atoms with van der Waals surface area (Å²) in [6, 6.07) is 8.26. The van der Waals surface area contributed by atoms with E-state index in [0.717, 1.165) is 5.56 Å². The molecule has 0 unspecified atom stereocenters. The predicted molar refractivity (Wildman–Crippen MR) is 73.4 cm³/mol. The monoisotopic (exact) mass is 258 g/mol. The van der Waals surface area contributed by atoms with E-state index < -0.39 is 6.03 Å². The van der Waals surface area contributed by atoms with Gasteiger partial charge in [0, 0.05) is 17.4 Å². The number of H-pyrrole nitrogens is 1. The summed E-state index contributed by atoms with van der Waals surface area (Å²) in [5.41, 5.74) is 2.00. The molecule has 1 aromatic heterocycles. The van der Waals surface area contributed by atoms with E-state index in [9.17, 15) is 9.59 Å². The predicted octanol–water partition coefficient (Wildman–Crippen LogP) is 2.03. The molecule has 1 heterocycles. The molecule has 3 N–H and O–H groups in total. The number of nitrogens with one attached hydrogen (secondary N) is 3. The fraction of sp³-hybridized carbons (Fsp3) is 0.154. The Labute approximate surface area is 109 Å². The van der Waals surface area contributed by atoms with Crippen LogP contribution in [0.15, 0.2) is 35.1 Å². The third-order valence-electron chi connectivity index (χ3n) is 2.41. The SMILES string of the molecule is Cc1ccc(NC(=O)Nc2nc(C)cc(=O)[nH]2)cc1. The number of anilines is 2. The summed E-state index contributed by atoms with van der Waals surface area (Å²) in [4.78, 5) is 29.4. The molecule has 6 heteroatoms. The average Bonchev–Trinajstić information content (AvgIpc) is 2.30. The van der Waals surface area contributed by atoms with E-state index in [1.807, 2.05) is 19.1 Å². The number of amides is 2. The van der Waals surface area contributed by atoms with Crippen LogP contribution in [0.25, 0.3) is 0 Å². The second-order valence-corrected chi connectivity index (χ2v) is 4.18. The van der Waals surface area contributed by atoms with Crippen molar-refractivity contribution < 1.29 is 4.79 Å². The number of nitrogens with zero attached hydrogens (tertiary/aromatic N) is 1. The first kappa shape index (κ1) is 12.8. The van der Waals surface area contributed by atoms with Gasteiger partial charge < -0.3 is 5.32 Å². The lowest BCUT2D eigenvalue weighted by Gasteiger charge is -2.07. The number of aryl methyl sites for hydroxylation is 2. The van der Waals surface area contributed by atoms with Crippen LogP contribution in [-0.2, 0) is 0 Å². The van der Waals surface area contributed by atoms with Crippen LogP contribution in [-0.4, -0.2) is 16.0 Å². The number of aromatic nitrogens is 2. The number of benzene rings is 1. The summed E-state index contributed by atoms with van der Waals surface area (Å²) in [6.07, 6.45) is 0. The van der Waals surface area contributed by atoms with Crippen LogP contribution < -0.4 is 16.2 Å². The Hall–Kier alpha value is -2.63. The maximum Gasteiger partial charge on any atom is 0.326 e. The molecular weight excluding hydrogens is 244 g/mol. The summed E-state index contributed by atoms with van der Waals surface area (Å²) in [7, 11) is 0. The molecule has 19 heavy (non-hydrogen) atoms. The van der Waals surface area contributed by atoms with Gasteiger partial charge in [-0.25, -0.2) is 9.78 Å². The zero-order valence-corrected chi connectivity index (χ0v) is 10.7. The average molecular weight is 258 g/mol. The van der Waals surface area contributed by atoms with Gasteiger partial charge in [-0.1, -0.05) is 17.7 Å². The highest BCUT2D eigenvalue weighted by atomic mass is 16.2. The molecule has 0 saturated carbocycles. The molecular formula is C13H14N4O2. The third kappa shape index (κ3) is 3.67. The van der Waals surface area contributed by atoms with Crippen molar-refractivity contribution in [3.05, 3.63) is 51.9 Å². The Morgan fingerprint density at radius 3 is 2.47 bits per heavy atom. The number of urea groups is 1. The smallest absolute Gasteiger partial charge is 0.308 e. The quantitative estimate of drug-likeness (QED) is 0.770. The molecule has 2 rings (SSSR count). The Morgan fingerprint density at radius 1 is 1.16 bits per heavy atom. The lowest BCUT2D eigenvalue weighted by molar-refractivity contribution is 0.262. The van der Waals surface area contributed by atoms with Crippen molar-refractivity contribution in [2.24, 2.45) is 0 Å². The van der Waals surface area contributed by atoms with Gasteiger partial charge in [0.1, 0.15) is 0 Å². The molecule has 2 aromatic rings. The fourth-order valence-corrected chi connectivity index (χ4v) is 1.55. The van der Waals surface area contributed by atoms with Gasteiger partial charge in [0.25, 0.3) is 5.56 Å².